The van der Waals surface area contributed by atoms with Gasteiger partial charge in [0.1, 0.15) is 11.1 Å². The van der Waals surface area contributed by atoms with Gasteiger partial charge in [-0.1, -0.05) is 18.2 Å². The van der Waals surface area contributed by atoms with Crippen molar-refractivity contribution in [2.75, 3.05) is 19.6 Å². The normalized spacial score (nSPS) is 26.1. The molecular formula is C16H16F3N3O8S2. The summed E-state index contributed by atoms with van der Waals surface area (Å²) in [4.78, 5) is 37.1. The summed E-state index contributed by atoms with van der Waals surface area (Å²) in [7, 11) is -5.03. The van der Waals surface area contributed by atoms with Crippen LogP contribution in [0.5, 0.6) is 5.75 Å². The first kappa shape index (κ1) is 24.1. The number of thioether (sulfide) groups is 1. The summed E-state index contributed by atoms with van der Waals surface area (Å²) < 4.78 is 72.6. The molecule has 0 saturated carbocycles. The second-order valence-corrected chi connectivity index (χ2v) is 9.42. The summed E-state index contributed by atoms with van der Waals surface area (Å²) in [6.07, 6.45) is -2.47. The number of nitrogens with one attached hydrogen (secondary N) is 1. The van der Waals surface area contributed by atoms with Crippen LogP contribution in [0.1, 0.15) is 0 Å². The Morgan fingerprint density at radius 3 is 2.47 bits per heavy atom. The number of nitrogens with zero attached hydrogens (tertiary/aromatic N) is 2. The highest BCUT2D eigenvalue weighted by Crippen LogP contribution is 2.47. The Labute approximate surface area is 183 Å². The van der Waals surface area contributed by atoms with Crippen molar-refractivity contribution < 1.29 is 50.6 Å². The second kappa shape index (κ2) is 8.42. The highest BCUT2D eigenvalue weighted by molar-refractivity contribution is 8.01. The van der Waals surface area contributed by atoms with Crippen LogP contribution in [0.25, 0.3) is 0 Å². The fraction of sp³-hybridized carbons (Fsp3) is 0.438. The van der Waals surface area contributed by atoms with Crippen molar-refractivity contribution in [3.63, 3.8) is 0 Å². The fourth-order valence-corrected chi connectivity index (χ4v) is 5.91. The Kier molecular flexibility index (Phi) is 6.34. The van der Waals surface area contributed by atoms with Crippen molar-refractivity contribution in [2.24, 2.45) is 0 Å². The summed E-state index contributed by atoms with van der Waals surface area (Å²) in [5.74, 6) is -4.66. The first-order valence-electron chi connectivity index (χ1n) is 8.66. The van der Waals surface area contributed by atoms with Crippen LogP contribution in [0.3, 0.4) is 0 Å². The number of alkyl halides is 3. The molecule has 2 amide bonds. The van der Waals surface area contributed by atoms with Gasteiger partial charge in [0.15, 0.2) is 12.8 Å². The maximum Gasteiger partial charge on any atom is 0.511 e. The van der Waals surface area contributed by atoms with Gasteiger partial charge in [-0.15, -0.1) is 11.8 Å². The summed E-state index contributed by atoms with van der Waals surface area (Å²) in [6.45, 7) is -0.545. The number of ether oxygens (including phenoxy) is 2. The minimum atomic E-state index is -6.06. The topological polar surface area (TPSA) is 143 Å². The molecule has 3 atom stereocenters. The molecule has 16 heteroatoms. The monoisotopic (exact) mass is 499 g/mol. The number of rotatable bonds is 7. The molecule has 32 heavy (non-hydrogen) atoms. The molecule has 11 nitrogen and oxygen atoms in total. The van der Waals surface area contributed by atoms with E-state index in [-0.39, 0.29) is 4.31 Å². The number of hydrogen-bond acceptors (Lipinski definition) is 8. The predicted octanol–water partition coefficient (Wildman–Crippen LogP) is -0.0408. The molecule has 0 aromatic heterocycles. The van der Waals surface area contributed by atoms with Gasteiger partial charge in [-0.05, 0) is 12.1 Å². The SMILES string of the molecule is COC1(NC(=O)COc2ccccc2)C(=O)N2C(C(=O)O)N(S(=O)(=O)C(F)(F)F)CSC21. The summed E-state index contributed by atoms with van der Waals surface area (Å²) in [6, 6.07) is 8.17. The summed E-state index contributed by atoms with van der Waals surface area (Å²) >= 11 is 0.485. The molecule has 2 heterocycles. The lowest BCUT2D eigenvalue weighted by Gasteiger charge is -2.59. The lowest BCUT2D eigenvalue weighted by molar-refractivity contribution is -0.210. The second-order valence-electron chi connectivity index (χ2n) is 6.50. The van der Waals surface area contributed by atoms with E-state index in [2.05, 4.69) is 5.32 Å². The van der Waals surface area contributed by atoms with E-state index >= 15 is 0 Å². The van der Waals surface area contributed by atoms with Crippen molar-refractivity contribution in [3.05, 3.63) is 30.3 Å². The van der Waals surface area contributed by atoms with Gasteiger partial charge in [0.05, 0.1) is 5.88 Å². The number of hydrogen-bond donors (Lipinski definition) is 2. The minimum absolute atomic E-state index is 0.339. The van der Waals surface area contributed by atoms with Gasteiger partial charge >= 0.3 is 21.5 Å². The third-order valence-corrected chi connectivity index (χ3v) is 7.63. The average Bonchev–Trinajstić information content (AvgIpc) is 2.74. The van der Waals surface area contributed by atoms with E-state index in [1.165, 1.54) is 0 Å². The van der Waals surface area contributed by atoms with Crippen LogP contribution in [0.4, 0.5) is 13.2 Å². The Hall–Kier alpha value is -2.56. The molecule has 2 saturated heterocycles. The molecule has 2 aliphatic rings. The maximum atomic E-state index is 13.0. The van der Waals surface area contributed by atoms with Gasteiger partial charge in [0.25, 0.3) is 17.5 Å². The van der Waals surface area contributed by atoms with Crippen LogP contribution in [-0.4, -0.2) is 82.9 Å². The number of para-hydroxylation sites is 1. The maximum absolute atomic E-state index is 13.0. The standard InChI is InChI=1S/C16H16F3N3O8S2/c1-29-15(20-10(23)7-30-9-5-3-2-4-6-9)13(26)22-11(12(24)25)21(8-31-14(15)22)32(27,28)16(17,18)19/h2-6,11,14H,7-8H2,1H3,(H,20,23)(H,24,25). The first-order valence-corrected chi connectivity index (χ1v) is 11.1. The van der Waals surface area contributed by atoms with Crippen LogP contribution >= 0.6 is 11.8 Å². The van der Waals surface area contributed by atoms with Crippen molar-refractivity contribution in [1.29, 1.82) is 0 Å². The number of methoxy groups -OCH3 is 1. The fourth-order valence-electron chi connectivity index (χ4n) is 3.16. The molecule has 0 bridgehead atoms. The number of benzene rings is 1. The molecule has 0 spiro atoms. The van der Waals surface area contributed by atoms with E-state index in [1.54, 1.807) is 30.3 Å². The van der Waals surface area contributed by atoms with Crippen LogP contribution in [0.15, 0.2) is 30.3 Å². The number of halogens is 3. The van der Waals surface area contributed by atoms with Crippen LogP contribution in [0.2, 0.25) is 0 Å². The van der Waals surface area contributed by atoms with Gasteiger partial charge in [-0.2, -0.15) is 17.5 Å². The van der Waals surface area contributed by atoms with Gasteiger partial charge in [0.2, 0.25) is 0 Å². The highest BCUT2D eigenvalue weighted by atomic mass is 32.2. The quantitative estimate of drug-likeness (QED) is 0.390. The number of fused-ring (bicyclic) bond motifs is 1. The zero-order valence-corrected chi connectivity index (χ0v) is 17.7. The molecule has 2 N–H and O–H groups in total. The van der Waals surface area contributed by atoms with Crippen molar-refractivity contribution >= 4 is 39.6 Å². The number of carboxylic acid groups (broad SMARTS) is 1. The zero-order valence-electron chi connectivity index (χ0n) is 16.1. The summed E-state index contributed by atoms with van der Waals surface area (Å²) in [5, 5.41) is 10.3. The van der Waals surface area contributed by atoms with Crippen molar-refractivity contribution in [1.82, 2.24) is 14.5 Å². The minimum Gasteiger partial charge on any atom is -0.484 e. The number of carbonyl (C=O) groups is 3. The van der Waals surface area contributed by atoms with Gasteiger partial charge < -0.3 is 19.9 Å². The average molecular weight is 499 g/mol. The van der Waals surface area contributed by atoms with Crippen LogP contribution in [0, 0.1) is 0 Å². The molecule has 2 aliphatic heterocycles. The van der Waals surface area contributed by atoms with Gasteiger partial charge in [-0.25, -0.2) is 13.2 Å². The first-order chi connectivity index (χ1) is 14.9. The van der Waals surface area contributed by atoms with E-state index in [1.807, 2.05) is 0 Å². The highest BCUT2D eigenvalue weighted by Gasteiger charge is 2.71. The lowest BCUT2D eigenvalue weighted by Crippen LogP contribution is -2.85. The predicted molar refractivity (Wildman–Crippen MR) is 101 cm³/mol. The molecule has 0 radical (unpaired) electrons. The number of sulfonamides is 1. The zero-order chi connectivity index (χ0) is 23.9. The van der Waals surface area contributed by atoms with E-state index in [4.69, 9.17) is 9.47 Å². The molecule has 2 fully saturated rings. The molecule has 1 aromatic rings. The van der Waals surface area contributed by atoms with Crippen molar-refractivity contribution in [2.45, 2.75) is 22.8 Å². The molecule has 3 unspecified atom stereocenters. The summed E-state index contributed by atoms with van der Waals surface area (Å²) in [5.41, 5.74) is -7.88. The smallest absolute Gasteiger partial charge is 0.484 e. The van der Waals surface area contributed by atoms with Gasteiger partial charge in [-0.3, -0.25) is 14.5 Å². The third kappa shape index (κ3) is 3.87. The number of amides is 2. The number of carboxylic acids is 1. The molecule has 3 rings (SSSR count). The van der Waals surface area contributed by atoms with E-state index in [9.17, 15) is 41.1 Å². The Bertz CT molecular complexity index is 1020. The number of aliphatic carboxylic acids is 1. The molecule has 1 aromatic carbocycles. The lowest BCUT2D eigenvalue weighted by atomic mass is 10.00. The van der Waals surface area contributed by atoms with Gasteiger partial charge in [0, 0.05) is 7.11 Å². The van der Waals surface area contributed by atoms with E-state index in [0.717, 1.165) is 7.11 Å². The van der Waals surface area contributed by atoms with Crippen LogP contribution in [-0.2, 0) is 29.1 Å². The number of carbonyl (C=O) groups excluding carboxylic acids is 2. The Balaban J connectivity index is 1.80. The molecule has 0 aliphatic carbocycles. The van der Waals surface area contributed by atoms with E-state index < -0.39 is 63.1 Å². The molecule has 176 valence electrons. The third-order valence-electron chi connectivity index (χ3n) is 4.63. The molecular weight excluding hydrogens is 483 g/mol. The largest absolute Gasteiger partial charge is 0.511 e. The Morgan fingerprint density at radius 1 is 1.31 bits per heavy atom. The van der Waals surface area contributed by atoms with E-state index in [0.29, 0.717) is 22.4 Å². The van der Waals surface area contributed by atoms with Crippen LogP contribution < -0.4 is 10.1 Å². The Morgan fingerprint density at radius 2 is 1.94 bits per heavy atom. The van der Waals surface area contributed by atoms with Crippen molar-refractivity contribution in [3.8, 4) is 5.75 Å². The number of β-lactam (4-membered cyclic amide) rings is 1.